The highest BCUT2D eigenvalue weighted by molar-refractivity contribution is 5.99. The van der Waals surface area contributed by atoms with Crippen molar-refractivity contribution in [2.75, 3.05) is 29.9 Å². The molecule has 0 saturated carbocycles. The van der Waals surface area contributed by atoms with E-state index in [-0.39, 0.29) is 23.8 Å². The lowest BCUT2D eigenvalue weighted by Gasteiger charge is -2.33. The minimum Gasteiger partial charge on any atom is -0.329 e. The van der Waals surface area contributed by atoms with E-state index in [4.69, 9.17) is 0 Å². The van der Waals surface area contributed by atoms with Gasteiger partial charge in [-0.1, -0.05) is 5.16 Å². The molecule has 0 unspecified atom stereocenters. The monoisotopic (exact) mass is 435 g/mol. The van der Waals surface area contributed by atoms with E-state index in [2.05, 4.69) is 25.1 Å². The summed E-state index contributed by atoms with van der Waals surface area (Å²) in [6.07, 6.45) is -1.43. The Balaban J connectivity index is 1.37. The second-order valence-electron chi connectivity index (χ2n) is 6.77. The third-order valence-electron chi connectivity index (χ3n) is 4.57. The molecule has 1 aromatic carbocycles. The summed E-state index contributed by atoms with van der Waals surface area (Å²) >= 11 is 0. The average Bonchev–Trinajstić information content (AvgIpc) is 3.38. The number of nitrogens with one attached hydrogen (secondary N) is 1. The Morgan fingerprint density at radius 2 is 1.94 bits per heavy atom. The third-order valence-corrected chi connectivity index (χ3v) is 4.57. The largest absolute Gasteiger partial charge is 0.471 e. The van der Waals surface area contributed by atoms with Crippen LogP contribution in [0.25, 0.3) is 11.4 Å². The van der Waals surface area contributed by atoms with Crippen molar-refractivity contribution in [2.24, 2.45) is 7.05 Å². The summed E-state index contributed by atoms with van der Waals surface area (Å²) in [7, 11) is 1.75. The maximum atomic E-state index is 12.6. The van der Waals surface area contributed by atoms with E-state index < -0.39 is 18.1 Å². The summed E-state index contributed by atoms with van der Waals surface area (Å²) in [5.74, 6) is -1.89. The summed E-state index contributed by atoms with van der Waals surface area (Å²) in [6, 6.07) is 5.42. The summed E-state index contributed by atoms with van der Waals surface area (Å²) < 4.78 is 43.5. The summed E-state index contributed by atoms with van der Waals surface area (Å²) in [4.78, 5) is 31.1. The van der Waals surface area contributed by atoms with Crippen molar-refractivity contribution in [3.63, 3.8) is 0 Å². The molecule has 31 heavy (non-hydrogen) atoms. The number of halogens is 3. The number of aromatic nitrogens is 4. The first-order valence-electron chi connectivity index (χ1n) is 9.07. The first kappa shape index (κ1) is 20.4. The van der Waals surface area contributed by atoms with Crippen molar-refractivity contribution in [1.82, 2.24) is 24.8 Å². The van der Waals surface area contributed by atoms with E-state index in [1.807, 2.05) is 0 Å². The van der Waals surface area contributed by atoms with Crippen LogP contribution < -0.4 is 10.2 Å². The van der Waals surface area contributed by atoms with Crippen LogP contribution in [-0.4, -0.2) is 56.4 Å². The summed E-state index contributed by atoms with van der Waals surface area (Å²) in [5, 5.41) is 10.0. The van der Waals surface area contributed by atoms with Gasteiger partial charge in [0, 0.05) is 37.6 Å². The number of aryl methyl sites for hydroxylation is 1. The molecule has 3 amide bonds. The van der Waals surface area contributed by atoms with Crippen LogP contribution in [0.4, 0.5) is 29.3 Å². The summed E-state index contributed by atoms with van der Waals surface area (Å²) in [6.45, 7) is 0.561. The lowest BCUT2D eigenvalue weighted by atomic mass is 10.2. The second-order valence-corrected chi connectivity index (χ2v) is 6.77. The zero-order valence-corrected chi connectivity index (χ0v) is 16.1. The van der Waals surface area contributed by atoms with Crippen LogP contribution in [0.3, 0.4) is 0 Å². The van der Waals surface area contributed by atoms with Gasteiger partial charge in [-0.05, 0) is 24.3 Å². The molecule has 0 atom stereocenters. The number of rotatable bonds is 3. The zero-order valence-electron chi connectivity index (χ0n) is 16.1. The Hall–Kier alpha value is -3.90. The normalized spacial score (nSPS) is 14.8. The number of alkyl halides is 3. The molecule has 1 aliphatic heterocycles. The second kappa shape index (κ2) is 7.74. The van der Waals surface area contributed by atoms with E-state index in [0.29, 0.717) is 24.5 Å². The molecule has 0 spiro atoms. The lowest BCUT2D eigenvalue weighted by molar-refractivity contribution is -0.159. The quantitative estimate of drug-likeness (QED) is 0.677. The minimum absolute atomic E-state index is 0.0953. The predicted octanol–water partition coefficient (Wildman–Crippen LogP) is 2.37. The number of carbonyl (C=O) groups excluding carboxylic acids is 2. The molecular formula is C18H16F3N7O3. The van der Waals surface area contributed by atoms with E-state index >= 15 is 0 Å². The highest BCUT2D eigenvalue weighted by Gasteiger charge is 2.38. The van der Waals surface area contributed by atoms with Crippen molar-refractivity contribution in [2.45, 2.75) is 6.18 Å². The number of hydrogen-bond donors (Lipinski definition) is 1. The van der Waals surface area contributed by atoms with E-state index in [1.165, 1.54) is 29.2 Å². The number of benzene rings is 1. The van der Waals surface area contributed by atoms with E-state index in [9.17, 15) is 22.8 Å². The number of urea groups is 1. The van der Waals surface area contributed by atoms with Gasteiger partial charge in [0.05, 0.1) is 11.9 Å². The average molecular weight is 435 g/mol. The smallest absolute Gasteiger partial charge is 0.329 e. The van der Waals surface area contributed by atoms with Crippen molar-refractivity contribution >= 4 is 23.3 Å². The standard InChI is InChI=1S/C18H16F3N7O3/c1-26-9-13(8-22-26)28-7-6-27(10-14(28)29)17(30)23-12-4-2-11(3-5-12)15-24-16(31-25-15)18(19,20)21/h2-5,8-9H,6-7,10H2,1H3,(H,23,30). The molecule has 0 aliphatic carbocycles. The van der Waals surface area contributed by atoms with Crippen molar-refractivity contribution in [1.29, 1.82) is 0 Å². The molecule has 10 nitrogen and oxygen atoms in total. The molecule has 2 aromatic heterocycles. The van der Waals surface area contributed by atoms with Crippen molar-refractivity contribution < 1.29 is 27.3 Å². The van der Waals surface area contributed by atoms with Gasteiger partial charge in [0.2, 0.25) is 11.7 Å². The van der Waals surface area contributed by atoms with Crippen LogP contribution in [-0.2, 0) is 18.0 Å². The van der Waals surface area contributed by atoms with Crippen LogP contribution in [0.2, 0.25) is 0 Å². The fourth-order valence-electron chi connectivity index (χ4n) is 3.03. The molecule has 1 fully saturated rings. The molecule has 1 N–H and O–H groups in total. The van der Waals surface area contributed by atoms with Gasteiger partial charge in [-0.25, -0.2) is 4.79 Å². The fourth-order valence-corrected chi connectivity index (χ4v) is 3.03. The maximum absolute atomic E-state index is 12.6. The minimum atomic E-state index is -4.72. The first-order chi connectivity index (χ1) is 14.7. The fraction of sp³-hybridized carbons (Fsp3) is 0.278. The van der Waals surface area contributed by atoms with Crippen LogP contribution in [0.5, 0.6) is 0 Å². The van der Waals surface area contributed by atoms with Crippen molar-refractivity contribution in [3.8, 4) is 11.4 Å². The highest BCUT2D eigenvalue weighted by Crippen LogP contribution is 2.29. The van der Waals surface area contributed by atoms with E-state index in [0.717, 1.165) is 0 Å². The molecule has 13 heteroatoms. The van der Waals surface area contributed by atoms with Gasteiger partial charge in [-0.15, -0.1) is 0 Å². The van der Waals surface area contributed by atoms with Gasteiger partial charge in [-0.2, -0.15) is 23.3 Å². The van der Waals surface area contributed by atoms with E-state index in [1.54, 1.807) is 29.0 Å². The van der Waals surface area contributed by atoms with Crippen LogP contribution in [0.15, 0.2) is 41.2 Å². The Morgan fingerprint density at radius 3 is 2.52 bits per heavy atom. The van der Waals surface area contributed by atoms with Gasteiger partial charge in [-0.3, -0.25) is 9.48 Å². The van der Waals surface area contributed by atoms with Gasteiger partial charge in [0.25, 0.3) is 0 Å². The number of nitrogens with zero attached hydrogens (tertiary/aromatic N) is 6. The van der Waals surface area contributed by atoms with Crippen LogP contribution >= 0.6 is 0 Å². The van der Waals surface area contributed by atoms with Gasteiger partial charge < -0.3 is 19.6 Å². The predicted molar refractivity (Wildman–Crippen MR) is 101 cm³/mol. The topological polar surface area (TPSA) is 109 Å². The number of anilines is 2. The molecule has 0 radical (unpaired) electrons. The summed E-state index contributed by atoms with van der Waals surface area (Å²) in [5.41, 5.74) is 1.35. The Kier molecular flexibility index (Phi) is 5.09. The Bertz CT molecular complexity index is 1110. The van der Waals surface area contributed by atoms with Crippen LogP contribution in [0.1, 0.15) is 5.89 Å². The number of hydrogen-bond acceptors (Lipinski definition) is 6. The van der Waals surface area contributed by atoms with Gasteiger partial charge in [0.1, 0.15) is 6.54 Å². The molecule has 4 rings (SSSR count). The lowest BCUT2D eigenvalue weighted by Crippen LogP contribution is -2.53. The van der Waals surface area contributed by atoms with Crippen molar-refractivity contribution in [3.05, 3.63) is 42.5 Å². The first-order valence-corrected chi connectivity index (χ1v) is 9.07. The number of amides is 3. The molecule has 0 bridgehead atoms. The molecule has 3 heterocycles. The molecule has 3 aromatic rings. The highest BCUT2D eigenvalue weighted by atomic mass is 19.4. The van der Waals surface area contributed by atoms with Crippen LogP contribution in [0, 0.1) is 0 Å². The van der Waals surface area contributed by atoms with Gasteiger partial charge in [0.15, 0.2) is 0 Å². The zero-order chi connectivity index (χ0) is 22.2. The Morgan fingerprint density at radius 1 is 1.19 bits per heavy atom. The Labute approximate surface area is 173 Å². The van der Waals surface area contributed by atoms with Gasteiger partial charge >= 0.3 is 18.1 Å². The number of carbonyl (C=O) groups is 2. The molecule has 162 valence electrons. The molecule has 1 saturated heterocycles. The SMILES string of the molecule is Cn1cc(N2CCN(C(=O)Nc3ccc(-c4noc(C(F)(F)F)n4)cc3)CC2=O)cn1. The third kappa shape index (κ3) is 4.34. The molecule has 1 aliphatic rings. The molecular weight excluding hydrogens is 419 g/mol. The number of piperazine rings is 1. The maximum Gasteiger partial charge on any atom is 0.471 e.